The van der Waals surface area contributed by atoms with Gasteiger partial charge in [0.25, 0.3) is 0 Å². The minimum absolute atomic E-state index is 0.108. The third-order valence-electron chi connectivity index (χ3n) is 9.09. The zero-order chi connectivity index (χ0) is 32.4. The van der Waals surface area contributed by atoms with Crippen molar-refractivity contribution in [2.24, 2.45) is 5.92 Å². The lowest BCUT2D eigenvalue weighted by molar-refractivity contribution is -0.184. The summed E-state index contributed by atoms with van der Waals surface area (Å²) in [6.07, 6.45) is 3.88. The largest absolute Gasteiger partial charge is 0.495 e. The molecule has 1 amide bonds. The van der Waals surface area contributed by atoms with E-state index in [-0.39, 0.29) is 31.4 Å². The maximum absolute atomic E-state index is 13.8. The van der Waals surface area contributed by atoms with Crippen molar-refractivity contribution in [2.75, 3.05) is 39.9 Å². The molecule has 0 unspecified atom stereocenters. The van der Waals surface area contributed by atoms with Crippen molar-refractivity contribution in [3.8, 4) is 5.75 Å². The molecular formula is C32H46ClN3O8. The fraction of sp³-hybridized carbons (Fsp3) is 0.625. The van der Waals surface area contributed by atoms with Crippen LogP contribution < -0.4 is 20.3 Å². The summed E-state index contributed by atoms with van der Waals surface area (Å²) in [5.41, 5.74) is 0.00673. The molecule has 11 nitrogen and oxygen atoms in total. The number of fused-ring (bicyclic) bond motifs is 5. The monoisotopic (exact) mass is 635 g/mol. The summed E-state index contributed by atoms with van der Waals surface area (Å²) in [6.45, 7) is 7.59. The van der Waals surface area contributed by atoms with E-state index in [0.29, 0.717) is 22.9 Å². The van der Waals surface area contributed by atoms with Crippen LogP contribution in [0.2, 0.25) is 5.02 Å². The molecule has 12 heteroatoms. The quantitative estimate of drug-likeness (QED) is 0.328. The van der Waals surface area contributed by atoms with E-state index in [2.05, 4.69) is 10.6 Å². The number of anilines is 1. The van der Waals surface area contributed by atoms with E-state index in [4.69, 9.17) is 35.3 Å². The molecule has 3 aliphatic rings. The number of benzene rings is 1. The number of amides is 1. The SMILES string of the molecule is CN[C@@H](C)C(=O)O[C@H]1CC(=O)N(C)c2cc(cc(OC)c2Cl)C/C(C)=C/C=C/[C@@H](OC)[C@@]2(O)C[C@H](OCN2)[C@@H](C)[C@@H]2O[C@@]12C. The number of hydrogen-bond donors (Lipinski definition) is 3. The number of likely N-dealkylation sites (N-methyl/N-ethyl adjacent to an activating group) is 1. The number of carbonyl (C=O) groups is 2. The number of epoxide rings is 1. The predicted octanol–water partition coefficient (Wildman–Crippen LogP) is 3.11. The van der Waals surface area contributed by atoms with Crippen molar-refractivity contribution in [1.29, 1.82) is 0 Å². The maximum atomic E-state index is 13.8. The molecule has 8 atom stereocenters. The van der Waals surface area contributed by atoms with Crippen LogP contribution in [0.3, 0.4) is 0 Å². The first-order valence-corrected chi connectivity index (χ1v) is 15.3. The molecule has 2 saturated heterocycles. The Bertz CT molecular complexity index is 1290. The molecule has 0 aliphatic carbocycles. The van der Waals surface area contributed by atoms with Crippen LogP contribution in [0.15, 0.2) is 35.9 Å². The lowest BCUT2D eigenvalue weighted by Gasteiger charge is -2.43. The maximum Gasteiger partial charge on any atom is 0.323 e. The highest BCUT2D eigenvalue weighted by Crippen LogP contribution is 2.49. The summed E-state index contributed by atoms with van der Waals surface area (Å²) in [6, 6.07) is 3.11. The first-order chi connectivity index (χ1) is 20.8. The zero-order valence-corrected chi connectivity index (χ0v) is 27.6. The molecule has 3 N–H and O–H groups in total. The zero-order valence-electron chi connectivity index (χ0n) is 26.8. The molecule has 44 heavy (non-hydrogen) atoms. The summed E-state index contributed by atoms with van der Waals surface area (Å²) < 4.78 is 29.5. The molecule has 0 aromatic heterocycles. The van der Waals surface area contributed by atoms with Crippen molar-refractivity contribution in [3.05, 3.63) is 46.5 Å². The minimum atomic E-state index is -1.40. The second-order valence-electron chi connectivity index (χ2n) is 12.2. The second kappa shape index (κ2) is 13.9. The number of ether oxygens (including phenoxy) is 5. The number of allylic oxidation sites excluding steroid dienone is 3. The molecule has 2 fully saturated rings. The van der Waals surface area contributed by atoms with Crippen LogP contribution >= 0.6 is 11.6 Å². The van der Waals surface area contributed by atoms with E-state index in [1.165, 1.54) is 12.0 Å². The van der Waals surface area contributed by atoms with Gasteiger partial charge in [0.05, 0.1) is 38.2 Å². The van der Waals surface area contributed by atoms with Crippen molar-refractivity contribution in [1.82, 2.24) is 10.6 Å². The first-order valence-electron chi connectivity index (χ1n) is 14.9. The highest BCUT2D eigenvalue weighted by atomic mass is 35.5. The summed E-state index contributed by atoms with van der Waals surface area (Å²) >= 11 is 6.71. The van der Waals surface area contributed by atoms with Gasteiger partial charge in [-0.15, -0.1) is 0 Å². The Morgan fingerprint density at radius 3 is 2.70 bits per heavy atom. The van der Waals surface area contributed by atoms with Gasteiger partial charge >= 0.3 is 5.97 Å². The number of halogens is 1. The van der Waals surface area contributed by atoms with Crippen LogP contribution in [-0.2, 0) is 35.0 Å². The molecule has 1 aromatic rings. The van der Waals surface area contributed by atoms with Crippen LogP contribution in [0.25, 0.3) is 0 Å². The van der Waals surface area contributed by atoms with E-state index in [1.54, 1.807) is 28.1 Å². The molecule has 0 spiro atoms. The Balaban J connectivity index is 1.77. The molecule has 0 radical (unpaired) electrons. The normalized spacial score (nSPS) is 35.6. The van der Waals surface area contributed by atoms with Gasteiger partial charge in [0.1, 0.15) is 40.3 Å². The average Bonchev–Trinajstić information content (AvgIpc) is 3.70. The Hall–Kier alpha value is -2.51. The fourth-order valence-electron chi connectivity index (χ4n) is 6.01. The Morgan fingerprint density at radius 1 is 1.32 bits per heavy atom. The van der Waals surface area contributed by atoms with Gasteiger partial charge in [0.2, 0.25) is 5.91 Å². The number of rotatable bonds is 5. The number of nitrogens with one attached hydrogen (secondary N) is 2. The Morgan fingerprint density at radius 2 is 2.05 bits per heavy atom. The summed E-state index contributed by atoms with van der Waals surface area (Å²) in [5.74, 6) is -0.593. The molecule has 1 aromatic carbocycles. The highest BCUT2D eigenvalue weighted by Gasteiger charge is 2.64. The van der Waals surface area contributed by atoms with Gasteiger partial charge in [0, 0.05) is 26.5 Å². The number of esters is 1. The molecule has 4 bridgehead atoms. The number of nitrogens with zero attached hydrogens (tertiary/aromatic N) is 1. The van der Waals surface area contributed by atoms with E-state index in [0.717, 1.165) is 11.1 Å². The van der Waals surface area contributed by atoms with Crippen molar-refractivity contribution < 1.29 is 38.4 Å². The van der Waals surface area contributed by atoms with Gasteiger partial charge in [-0.05, 0) is 51.9 Å². The van der Waals surface area contributed by atoms with Crippen LogP contribution in [0.1, 0.15) is 46.1 Å². The topological polar surface area (TPSA) is 131 Å². The lowest BCUT2D eigenvalue weighted by Crippen LogP contribution is -2.61. The second-order valence-corrected chi connectivity index (χ2v) is 12.6. The standard InChI is InChI=1S/C32H46ClN3O8/c1-18-10-9-11-25(41-8)32(39)16-24(42-17-35-32)19(2)29-31(4,44-29)26(43-30(38)20(3)34-5)15-27(37)36(6)22-13-21(12-18)14-23(40-7)28(22)33/h9-11,13-14,19-20,24-26,29,34-35,39H,12,15-17H2,1-8H3/b11-9+,18-10+/t19-,20+,24+,25-,26+,29+,31+,32+/m1/s1. The third-order valence-corrected chi connectivity index (χ3v) is 9.47. The number of aliphatic hydroxyl groups is 1. The lowest BCUT2D eigenvalue weighted by atomic mass is 9.83. The first kappa shape index (κ1) is 34.4. The summed E-state index contributed by atoms with van der Waals surface area (Å²) in [5, 5.41) is 17.9. The van der Waals surface area contributed by atoms with Crippen LogP contribution in [0.5, 0.6) is 5.75 Å². The van der Waals surface area contributed by atoms with Crippen LogP contribution in [0.4, 0.5) is 5.69 Å². The number of hydrogen-bond acceptors (Lipinski definition) is 10. The van der Waals surface area contributed by atoms with Gasteiger partial charge in [-0.25, -0.2) is 0 Å². The number of methoxy groups -OCH3 is 2. The van der Waals surface area contributed by atoms with Crippen LogP contribution in [0, 0.1) is 5.92 Å². The number of carbonyl (C=O) groups excluding carboxylic acids is 2. The van der Waals surface area contributed by atoms with E-state index >= 15 is 0 Å². The minimum Gasteiger partial charge on any atom is -0.495 e. The fourth-order valence-corrected chi connectivity index (χ4v) is 6.32. The molecule has 4 rings (SSSR count). The summed E-state index contributed by atoms with van der Waals surface area (Å²) in [7, 11) is 6.38. The van der Waals surface area contributed by atoms with Gasteiger partial charge in [0.15, 0.2) is 0 Å². The smallest absolute Gasteiger partial charge is 0.323 e. The Kier molecular flexibility index (Phi) is 10.8. The Labute approximate surface area is 264 Å². The van der Waals surface area contributed by atoms with E-state index < -0.39 is 47.8 Å². The average molecular weight is 636 g/mol. The van der Waals surface area contributed by atoms with E-state index in [9.17, 15) is 14.7 Å². The molecule has 244 valence electrons. The van der Waals surface area contributed by atoms with E-state index in [1.807, 2.05) is 51.1 Å². The molecule has 0 saturated carbocycles. The van der Waals surface area contributed by atoms with Crippen molar-refractivity contribution >= 4 is 29.2 Å². The van der Waals surface area contributed by atoms with Gasteiger partial charge < -0.3 is 39.0 Å². The highest BCUT2D eigenvalue weighted by molar-refractivity contribution is 6.35. The van der Waals surface area contributed by atoms with Crippen LogP contribution in [-0.4, -0.2) is 93.8 Å². The van der Waals surface area contributed by atoms with Crippen molar-refractivity contribution in [2.45, 2.75) is 88.7 Å². The molecular weight excluding hydrogens is 590 g/mol. The van der Waals surface area contributed by atoms with Gasteiger partial charge in [-0.3, -0.25) is 14.9 Å². The summed E-state index contributed by atoms with van der Waals surface area (Å²) in [4.78, 5) is 28.3. The molecule has 3 aliphatic heterocycles. The molecule has 3 heterocycles. The predicted molar refractivity (Wildman–Crippen MR) is 167 cm³/mol. The van der Waals surface area contributed by atoms with Gasteiger partial charge in [-0.1, -0.05) is 42.3 Å². The third kappa shape index (κ3) is 7.14. The van der Waals surface area contributed by atoms with Crippen molar-refractivity contribution in [3.63, 3.8) is 0 Å². The van der Waals surface area contributed by atoms with Gasteiger partial charge in [-0.2, -0.15) is 0 Å².